The van der Waals surface area contributed by atoms with Crippen LogP contribution in [0.1, 0.15) is 24.8 Å². The van der Waals surface area contributed by atoms with Crippen LogP contribution in [0.25, 0.3) is 5.57 Å². The lowest BCUT2D eigenvalue weighted by atomic mass is 10.0. The van der Waals surface area contributed by atoms with Crippen LogP contribution in [0.2, 0.25) is 0 Å². The van der Waals surface area contributed by atoms with E-state index in [1.54, 1.807) is 20.3 Å². The highest BCUT2D eigenvalue weighted by molar-refractivity contribution is 7.93. The van der Waals surface area contributed by atoms with Gasteiger partial charge in [-0.15, -0.1) is 0 Å². The van der Waals surface area contributed by atoms with Gasteiger partial charge in [-0.2, -0.15) is 4.98 Å². The van der Waals surface area contributed by atoms with Crippen LogP contribution in [0.3, 0.4) is 0 Å². The van der Waals surface area contributed by atoms with Gasteiger partial charge in [0, 0.05) is 11.6 Å². The van der Waals surface area contributed by atoms with E-state index in [9.17, 15) is 8.42 Å². The van der Waals surface area contributed by atoms with Gasteiger partial charge in [0.05, 0.1) is 24.7 Å². The van der Waals surface area contributed by atoms with Crippen molar-refractivity contribution >= 4 is 15.4 Å². The Balaban J connectivity index is 2.03. The van der Waals surface area contributed by atoms with Crippen molar-refractivity contribution in [2.24, 2.45) is 0 Å². The minimum atomic E-state index is -2.96. The Morgan fingerprint density at radius 2 is 2.00 bits per heavy atom. The van der Waals surface area contributed by atoms with E-state index in [4.69, 9.17) is 9.47 Å². The van der Waals surface area contributed by atoms with E-state index in [0.29, 0.717) is 18.2 Å². The second-order valence-corrected chi connectivity index (χ2v) is 7.58. The molecule has 3 heterocycles. The van der Waals surface area contributed by atoms with Crippen LogP contribution < -0.4 is 9.47 Å². The largest absolute Gasteiger partial charge is 0.481 e. The SMILES string of the molecule is COc1ccc(C2=CC3CCC(C2)S3(=O)=O)c(OC)n1. The van der Waals surface area contributed by atoms with E-state index in [0.717, 1.165) is 24.0 Å². The van der Waals surface area contributed by atoms with Crippen molar-refractivity contribution < 1.29 is 17.9 Å². The summed E-state index contributed by atoms with van der Waals surface area (Å²) in [6, 6.07) is 3.65. The van der Waals surface area contributed by atoms with Crippen LogP contribution in [-0.4, -0.2) is 38.1 Å². The van der Waals surface area contributed by atoms with E-state index in [1.165, 1.54) is 0 Å². The van der Waals surface area contributed by atoms with E-state index < -0.39 is 9.84 Å². The Kier molecular flexibility index (Phi) is 3.20. The summed E-state index contributed by atoms with van der Waals surface area (Å²) in [7, 11) is 0.141. The molecule has 1 aromatic heterocycles. The molecule has 2 atom stereocenters. The standard InChI is InChI=1S/C14H17NO4S/c1-18-13-6-5-12(14(15-13)19-2)9-7-10-3-4-11(8-9)20(10,16)17/h5-7,10-11H,3-4,8H2,1-2H3. The van der Waals surface area contributed by atoms with Gasteiger partial charge in [-0.05, 0) is 30.9 Å². The molecule has 20 heavy (non-hydrogen) atoms. The highest BCUT2D eigenvalue weighted by Crippen LogP contribution is 2.42. The Morgan fingerprint density at radius 3 is 2.65 bits per heavy atom. The van der Waals surface area contributed by atoms with Gasteiger partial charge >= 0.3 is 0 Å². The smallest absolute Gasteiger partial charge is 0.224 e. The first-order chi connectivity index (χ1) is 9.56. The first-order valence-corrected chi connectivity index (χ1v) is 8.20. The number of sulfone groups is 1. The summed E-state index contributed by atoms with van der Waals surface area (Å²) in [5.41, 5.74) is 1.87. The van der Waals surface area contributed by atoms with Crippen LogP contribution >= 0.6 is 0 Å². The second-order valence-electron chi connectivity index (χ2n) is 5.13. The average Bonchev–Trinajstić information content (AvgIpc) is 2.66. The summed E-state index contributed by atoms with van der Waals surface area (Å²) in [4.78, 5) is 4.26. The third-order valence-electron chi connectivity index (χ3n) is 4.08. The maximum atomic E-state index is 12.1. The molecule has 0 N–H and O–H groups in total. The predicted molar refractivity (Wildman–Crippen MR) is 75.7 cm³/mol. The van der Waals surface area contributed by atoms with Gasteiger partial charge in [0.15, 0.2) is 9.84 Å². The minimum Gasteiger partial charge on any atom is -0.481 e. The van der Waals surface area contributed by atoms with E-state index in [2.05, 4.69) is 4.98 Å². The van der Waals surface area contributed by atoms with Crippen molar-refractivity contribution in [3.05, 3.63) is 23.8 Å². The minimum absolute atomic E-state index is 0.251. The highest BCUT2D eigenvalue weighted by Gasteiger charge is 2.43. The van der Waals surface area contributed by atoms with Crippen molar-refractivity contribution in [2.45, 2.75) is 29.8 Å². The molecule has 5 nitrogen and oxygen atoms in total. The molecule has 1 saturated heterocycles. The third-order valence-corrected chi connectivity index (χ3v) is 6.62. The number of nitrogens with zero attached hydrogens (tertiary/aromatic N) is 1. The topological polar surface area (TPSA) is 65.5 Å². The van der Waals surface area contributed by atoms with Crippen LogP contribution in [0.15, 0.2) is 18.2 Å². The zero-order chi connectivity index (χ0) is 14.3. The molecule has 0 radical (unpaired) electrons. The van der Waals surface area contributed by atoms with Gasteiger partial charge in [-0.25, -0.2) is 8.42 Å². The first-order valence-electron chi connectivity index (χ1n) is 6.59. The number of pyridine rings is 1. The van der Waals surface area contributed by atoms with Gasteiger partial charge < -0.3 is 9.47 Å². The van der Waals surface area contributed by atoms with Crippen LogP contribution in [-0.2, 0) is 9.84 Å². The lowest BCUT2D eigenvalue weighted by molar-refractivity contribution is 0.363. The van der Waals surface area contributed by atoms with Gasteiger partial charge in [0.25, 0.3) is 0 Å². The molecule has 2 aliphatic rings. The van der Waals surface area contributed by atoms with Crippen LogP contribution in [0, 0.1) is 0 Å². The molecule has 6 heteroatoms. The van der Waals surface area contributed by atoms with E-state index in [-0.39, 0.29) is 10.5 Å². The highest BCUT2D eigenvalue weighted by atomic mass is 32.2. The lowest BCUT2D eigenvalue weighted by Gasteiger charge is -2.21. The zero-order valence-corrected chi connectivity index (χ0v) is 12.3. The lowest BCUT2D eigenvalue weighted by Crippen LogP contribution is -2.26. The molecule has 0 amide bonds. The molecule has 2 bridgehead atoms. The number of rotatable bonds is 3. The van der Waals surface area contributed by atoms with Crippen molar-refractivity contribution in [1.82, 2.24) is 4.98 Å². The number of allylic oxidation sites excluding steroid dienone is 1. The molecule has 1 fully saturated rings. The number of ether oxygens (including phenoxy) is 2. The predicted octanol–water partition coefficient (Wildman–Crippen LogP) is 1.83. The molecule has 2 aliphatic heterocycles. The van der Waals surface area contributed by atoms with Crippen LogP contribution in [0.5, 0.6) is 11.8 Å². The maximum Gasteiger partial charge on any atom is 0.224 e. The molecule has 1 aromatic rings. The molecule has 0 spiro atoms. The summed E-state index contributed by atoms with van der Waals surface area (Å²) in [6.07, 6.45) is 3.88. The molecule has 0 saturated carbocycles. The summed E-state index contributed by atoms with van der Waals surface area (Å²) < 4.78 is 34.6. The maximum absolute atomic E-state index is 12.1. The molecule has 108 valence electrons. The quantitative estimate of drug-likeness (QED) is 0.851. The third kappa shape index (κ3) is 1.98. The second kappa shape index (κ2) is 4.77. The van der Waals surface area contributed by atoms with Gasteiger partial charge in [0.1, 0.15) is 0 Å². The average molecular weight is 295 g/mol. The van der Waals surface area contributed by atoms with Crippen molar-refractivity contribution in [2.75, 3.05) is 14.2 Å². The summed E-state index contributed by atoms with van der Waals surface area (Å²) >= 11 is 0. The van der Waals surface area contributed by atoms with Crippen LogP contribution in [0.4, 0.5) is 0 Å². The molecule has 0 aromatic carbocycles. The molecule has 2 unspecified atom stereocenters. The number of hydrogen-bond donors (Lipinski definition) is 0. The van der Waals surface area contributed by atoms with Gasteiger partial charge in [-0.1, -0.05) is 6.08 Å². The molecule has 3 rings (SSSR count). The summed E-state index contributed by atoms with van der Waals surface area (Å²) in [5.74, 6) is 0.965. The summed E-state index contributed by atoms with van der Waals surface area (Å²) in [6.45, 7) is 0. The molecular formula is C14H17NO4S. The first kappa shape index (κ1) is 13.4. The fourth-order valence-electron chi connectivity index (χ4n) is 3.00. The van der Waals surface area contributed by atoms with Crippen molar-refractivity contribution in [1.29, 1.82) is 0 Å². The van der Waals surface area contributed by atoms with Gasteiger partial charge in [0.2, 0.25) is 11.8 Å². The van der Waals surface area contributed by atoms with Crippen molar-refractivity contribution in [3.8, 4) is 11.8 Å². The number of methoxy groups -OCH3 is 2. The number of hydrogen-bond acceptors (Lipinski definition) is 5. The monoisotopic (exact) mass is 295 g/mol. The fourth-order valence-corrected chi connectivity index (χ4v) is 5.19. The fraction of sp³-hybridized carbons (Fsp3) is 0.500. The molecular weight excluding hydrogens is 278 g/mol. The Hall–Kier alpha value is -1.56. The van der Waals surface area contributed by atoms with E-state index in [1.807, 2.05) is 12.1 Å². The Morgan fingerprint density at radius 1 is 1.20 bits per heavy atom. The number of aromatic nitrogens is 1. The van der Waals surface area contributed by atoms with E-state index >= 15 is 0 Å². The Labute approximate surface area is 118 Å². The summed E-state index contributed by atoms with van der Waals surface area (Å²) in [5, 5.41) is -0.595. The zero-order valence-electron chi connectivity index (χ0n) is 11.5. The van der Waals surface area contributed by atoms with Crippen molar-refractivity contribution in [3.63, 3.8) is 0 Å². The number of fused-ring (bicyclic) bond motifs is 2. The molecule has 0 aliphatic carbocycles. The van der Waals surface area contributed by atoms with Gasteiger partial charge in [-0.3, -0.25) is 0 Å². The normalized spacial score (nSPS) is 27.0. The Bertz CT molecular complexity index is 666.